The molecule has 2 amide bonds. The number of nitrogens with two attached hydrogens (primary N) is 1. The molecule has 2 aromatic rings. The average Bonchev–Trinajstić information content (AvgIpc) is 2.72. The Morgan fingerprint density at radius 1 is 1.28 bits per heavy atom. The lowest BCUT2D eigenvalue weighted by Crippen LogP contribution is -2.38. The molecule has 1 aliphatic heterocycles. The van der Waals surface area contributed by atoms with Gasteiger partial charge in [-0.15, -0.1) is 0 Å². The number of carbonyl (C=O) groups is 1. The van der Waals surface area contributed by atoms with Crippen molar-refractivity contribution < 1.29 is 26.4 Å². The molecule has 1 unspecified atom stereocenters. The highest BCUT2D eigenvalue weighted by Gasteiger charge is 2.30. The van der Waals surface area contributed by atoms with Gasteiger partial charge in [-0.2, -0.15) is 13.2 Å². The summed E-state index contributed by atoms with van der Waals surface area (Å²) in [6.07, 6.45) is 0.135. The van der Waals surface area contributed by atoms with Crippen LogP contribution in [0.4, 0.5) is 23.7 Å². The van der Waals surface area contributed by atoms with Crippen LogP contribution in [0.15, 0.2) is 42.6 Å². The molecule has 1 aromatic heterocycles. The van der Waals surface area contributed by atoms with E-state index in [4.69, 9.17) is 17.3 Å². The molecular weight excluding hydrogens is 469 g/mol. The molecule has 0 saturated heterocycles. The summed E-state index contributed by atoms with van der Waals surface area (Å²) in [4.78, 5) is 18.2. The average molecular weight is 489 g/mol. The predicted molar refractivity (Wildman–Crippen MR) is 116 cm³/mol. The molecule has 7 nitrogen and oxygen atoms in total. The highest BCUT2D eigenvalue weighted by atomic mass is 35.5. The van der Waals surface area contributed by atoms with Gasteiger partial charge in [-0.1, -0.05) is 17.7 Å². The number of anilines is 1. The standard InChI is InChI=1S/C20H20ClF3N4O3S/c1-32(30,31)18(25)13-10-16(21)17(26-11-13)12-6-8-28(9-7-12)19(29)27-15-4-2-14(3-5-15)20(22,23)24/h2-6,10-11,18H,7-9,25H2,1H3,(H,27,29). The van der Waals surface area contributed by atoms with E-state index < -0.39 is 33.0 Å². The van der Waals surface area contributed by atoms with Crippen LogP contribution in [-0.2, 0) is 16.0 Å². The van der Waals surface area contributed by atoms with Crippen molar-refractivity contribution in [1.29, 1.82) is 0 Å². The van der Waals surface area contributed by atoms with Crippen LogP contribution >= 0.6 is 11.6 Å². The number of sulfone groups is 1. The predicted octanol–water partition coefficient (Wildman–Crippen LogP) is 4.08. The van der Waals surface area contributed by atoms with Crippen LogP contribution in [0.2, 0.25) is 5.02 Å². The van der Waals surface area contributed by atoms with Crippen molar-refractivity contribution in [2.45, 2.75) is 18.0 Å². The Morgan fingerprint density at radius 3 is 2.44 bits per heavy atom. The number of amides is 2. The van der Waals surface area contributed by atoms with Gasteiger partial charge >= 0.3 is 12.2 Å². The van der Waals surface area contributed by atoms with Crippen LogP contribution in [0.3, 0.4) is 0 Å². The molecule has 1 atom stereocenters. The lowest BCUT2D eigenvalue weighted by molar-refractivity contribution is -0.137. The maximum Gasteiger partial charge on any atom is 0.416 e. The zero-order chi connectivity index (χ0) is 23.7. The van der Waals surface area contributed by atoms with Gasteiger partial charge in [0.15, 0.2) is 9.84 Å². The maximum atomic E-state index is 12.6. The minimum absolute atomic E-state index is 0.240. The molecule has 2 heterocycles. The second-order valence-corrected chi connectivity index (χ2v) is 9.85. The van der Waals surface area contributed by atoms with Crippen LogP contribution in [0.25, 0.3) is 5.57 Å². The third-order valence-electron chi connectivity index (χ3n) is 4.92. The van der Waals surface area contributed by atoms with E-state index in [9.17, 15) is 26.4 Å². The maximum absolute atomic E-state index is 12.6. The molecule has 1 aromatic carbocycles. The Morgan fingerprint density at radius 2 is 1.94 bits per heavy atom. The van der Waals surface area contributed by atoms with Crippen molar-refractivity contribution in [2.24, 2.45) is 5.73 Å². The molecule has 0 fully saturated rings. The molecule has 3 rings (SSSR count). The van der Waals surface area contributed by atoms with Crippen molar-refractivity contribution in [3.05, 3.63) is 64.4 Å². The fraction of sp³-hybridized carbons (Fsp3) is 0.300. The summed E-state index contributed by atoms with van der Waals surface area (Å²) in [5, 5.41) is 1.58. The lowest BCUT2D eigenvalue weighted by atomic mass is 10.0. The molecule has 0 radical (unpaired) electrons. The number of carbonyl (C=O) groups excluding carboxylic acids is 1. The fourth-order valence-electron chi connectivity index (χ4n) is 3.11. The Kier molecular flexibility index (Phi) is 6.82. The molecule has 172 valence electrons. The number of benzene rings is 1. The molecule has 32 heavy (non-hydrogen) atoms. The first-order valence-corrected chi connectivity index (χ1v) is 11.7. The zero-order valence-electron chi connectivity index (χ0n) is 16.9. The Hall–Kier alpha value is -2.63. The van der Waals surface area contributed by atoms with Gasteiger partial charge < -0.3 is 16.0 Å². The summed E-state index contributed by atoms with van der Waals surface area (Å²) in [5.74, 6) is 0. The number of pyridine rings is 1. The van der Waals surface area contributed by atoms with Gasteiger partial charge in [0.05, 0.1) is 16.3 Å². The first kappa shape index (κ1) is 24.0. The van der Waals surface area contributed by atoms with E-state index in [0.717, 1.165) is 24.0 Å². The second-order valence-electron chi connectivity index (χ2n) is 7.28. The smallest absolute Gasteiger partial charge is 0.320 e. The highest BCUT2D eigenvalue weighted by Crippen LogP contribution is 2.31. The number of nitrogens with one attached hydrogen (secondary N) is 1. The van der Waals surface area contributed by atoms with Crippen molar-refractivity contribution >= 4 is 38.7 Å². The van der Waals surface area contributed by atoms with E-state index in [-0.39, 0.29) is 22.8 Å². The minimum atomic E-state index is -4.44. The zero-order valence-corrected chi connectivity index (χ0v) is 18.4. The molecule has 0 aliphatic carbocycles. The first-order chi connectivity index (χ1) is 14.9. The number of nitrogens with zero attached hydrogens (tertiary/aromatic N) is 2. The number of aromatic nitrogens is 1. The second kappa shape index (κ2) is 9.08. The molecule has 3 N–H and O–H groups in total. The number of hydrogen-bond donors (Lipinski definition) is 2. The number of urea groups is 1. The topological polar surface area (TPSA) is 105 Å². The molecule has 0 bridgehead atoms. The normalized spacial score (nSPS) is 15.8. The summed E-state index contributed by atoms with van der Waals surface area (Å²) in [6.45, 7) is 0.575. The third kappa shape index (κ3) is 5.59. The number of alkyl halides is 3. The lowest BCUT2D eigenvalue weighted by Gasteiger charge is -2.27. The van der Waals surface area contributed by atoms with Gasteiger partial charge in [0.25, 0.3) is 0 Å². The van der Waals surface area contributed by atoms with E-state index in [0.29, 0.717) is 18.7 Å². The van der Waals surface area contributed by atoms with Gasteiger partial charge in [0.2, 0.25) is 0 Å². The van der Waals surface area contributed by atoms with Crippen LogP contribution in [-0.4, -0.2) is 43.7 Å². The largest absolute Gasteiger partial charge is 0.416 e. The van der Waals surface area contributed by atoms with Crippen molar-refractivity contribution in [3.63, 3.8) is 0 Å². The molecular formula is C20H20ClF3N4O3S. The molecule has 0 saturated carbocycles. The van der Waals surface area contributed by atoms with Crippen LogP contribution in [0.1, 0.15) is 28.6 Å². The highest BCUT2D eigenvalue weighted by molar-refractivity contribution is 7.90. The number of hydrogen-bond acceptors (Lipinski definition) is 5. The van der Waals surface area contributed by atoms with Gasteiger partial charge in [0, 0.05) is 36.8 Å². The summed E-state index contributed by atoms with van der Waals surface area (Å²) in [7, 11) is -3.51. The Labute approximate surface area is 188 Å². The summed E-state index contributed by atoms with van der Waals surface area (Å²) < 4.78 is 61.2. The van der Waals surface area contributed by atoms with Gasteiger partial charge in [0.1, 0.15) is 5.37 Å². The minimum Gasteiger partial charge on any atom is -0.320 e. The van der Waals surface area contributed by atoms with Crippen LogP contribution < -0.4 is 11.1 Å². The monoisotopic (exact) mass is 488 g/mol. The SMILES string of the molecule is CS(=O)(=O)C(N)c1cnc(C2=CCN(C(=O)Nc3ccc(C(F)(F)F)cc3)CC2)c(Cl)c1. The number of halogens is 4. The summed E-state index contributed by atoms with van der Waals surface area (Å²) >= 11 is 6.28. The van der Waals surface area contributed by atoms with E-state index >= 15 is 0 Å². The Bertz CT molecular complexity index is 1150. The van der Waals surface area contributed by atoms with Gasteiger partial charge in [-0.3, -0.25) is 4.98 Å². The third-order valence-corrected chi connectivity index (χ3v) is 6.40. The first-order valence-electron chi connectivity index (χ1n) is 9.39. The quantitative estimate of drug-likeness (QED) is 0.674. The number of rotatable bonds is 4. The van der Waals surface area contributed by atoms with Crippen molar-refractivity contribution in [1.82, 2.24) is 9.88 Å². The molecule has 12 heteroatoms. The van der Waals surface area contributed by atoms with Crippen molar-refractivity contribution in [3.8, 4) is 0 Å². The Balaban J connectivity index is 1.66. The van der Waals surface area contributed by atoms with E-state index in [1.165, 1.54) is 29.3 Å². The summed E-state index contributed by atoms with van der Waals surface area (Å²) in [6, 6.07) is 5.19. The van der Waals surface area contributed by atoms with Gasteiger partial charge in [-0.05, 0) is 42.3 Å². The van der Waals surface area contributed by atoms with Crippen LogP contribution in [0, 0.1) is 0 Å². The molecule has 1 aliphatic rings. The van der Waals surface area contributed by atoms with Gasteiger partial charge in [-0.25, -0.2) is 13.2 Å². The fourth-order valence-corrected chi connectivity index (χ4v) is 4.02. The van der Waals surface area contributed by atoms with Crippen molar-refractivity contribution in [2.75, 3.05) is 24.7 Å². The van der Waals surface area contributed by atoms with E-state index in [2.05, 4.69) is 10.3 Å². The van der Waals surface area contributed by atoms with Crippen LogP contribution in [0.5, 0.6) is 0 Å². The molecule has 0 spiro atoms. The summed E-state index contributed by atoms with van der Waals surface area (Å²) in [5.41, 5.74) is 6.69. The van der Waals surface area contributed by atoms with E-state index in [1.54, 1.807) is 6.08 Å². The van der Waals surface area contributed by atoms with E-state index in [1.807, 2.05) is 0 Å².